The van der Waals surface area contributed by atoms with E-state index in [2.05, 4.69) is 65.8 Å². The first-order valence-corrected chi connectivity index (χ1v) is 9.32. The Hall–Kier alpha value is -0.980. The highest BCUT2D eigenvalue weighted by molar-refractivity contribution is 6.31. The van der Waals surface area contributed by atoms with Gasteiger partial charge < -0.3 is 0 Å². The van der Waals surface area contributed by atoms with Gasteiger partial charge in [0.05, 0.1) is 0 Å². The molecule has 0 nitrogen and oxygen atoms in total. The molecule has 0 saturated carbocycles. The summed E-state index contributed by atoms with van der Waals surface area (Å²) in [5.74, 6) is 0. The monoisotopic (exact) mass is 362 g/mol. The Morgan fingerprint density at radius 2 is 1.50 bits per heavy atom. The van der Waals surface area contributed by atoms with Crippen LogP contribution in [0.2, 0.25) is 10.0 Å². The molecule has 2 aromatic carbocycles. The van der Waals surface area contributed by atoms with Crippen LogP contribution in [0.25, 0.3) is 0 Å². The van der Waals surface area contributed by atoms with Crippen molar-refractivity contribution in [2.75, 3.05) is 0 Å². The molecule has 2 rings (SSSR count). The van der Waals surface area contributed by atoms with E-state index in [0.717, 1.165) is 22.9 Å². The third-order valence-electron chi connectivity index (χ3n) is 4.81. The number of hydrogen-bond donors (Lipinski definition) is 0. The van der Waals surface area contributed by atoms with Crippen LogP contribution in [0.3, 0.4) is 0 Å². The van der Waals surface area contributed by atoms with E-state index in [9.17, 15) is 0 Å². The van der Waals surface area contributed by atoms with Gasteiger partial charge in [0.2, 0.25) is 0 Å². The molecule has 0 bridgehead atoms. The molecule has 0 atom stereocenters. The number of hydrogen-bond acceptors (Lipinski definition) is 0. The summed E-state index contributed by atoms with van der Waals surface area (Å²) >= 11 is 12.6. The molecule has 2 aromatic rings. The van der Waals surface area contributed by atoms with E-state index in [0.29, 0.717) is 0 Å². The van der Waals surface area contributed by atoms with Crippen LogP contribution >= 0.6 is 23.2 Å². The molecule has 0 aliphatic carbocycles. The van der Waals surface area contributed by atoms with Crippen molar-refractivity contribution in [1.82, 2.24) is 0 Å². The van der Waals surface area contributed by atoms with Crippen molar-refractivity contribution in [1.29, 1.82) is 0 Å². The fourth-order valence-corrected chi connectivity index (χ4v) is 3.79. The number of halogens is 2. The molecule has 0 aromatic heterocycles. The van der Waals surface area contributed by atoms with Gasteiger partial charge in [-0.2, -0.15) is 0 Å². The Kier molecular flexibility index (Phi) is 5.72. The van der Waals surface area contributed by atoms with Crippen molar-refractivity contribution in [3.63, 3.8) is 0 Å². The van der Waals surface area contributed by atoms with Crippen molar-refractivity contribution in [2.45, 2.75) is 65.2 Å². The largest absolute Gasteiger partial charge is 0.0843 e. The second-order valence-electron chi connectivity index (χ2n) is 8.41. The molecule has 2 heteroatoms. The Morgan fingerprint density at radius 3 is 2.12 bits per heavy atom. The minimum absolute atomic E-state index is 0.0617. The first-order chi connectivity index (χ1) is 11.0. The van der Waals surface area contributed by atoms with Crippen LogP contribution in [-0.2, 0) is 17.3 Å². The first-order valence-electron chi connectivity index (χ1n) is 8.56. The van der Waals surface area contributed by atoms with Gasteiger partial charge in [-0.05, 0) is 71.0 Å². The maximum absolute atomic E-state index is 6.39. The van der Waals surface area contributed by atoms with Gasteiger partial charge in [-0.25, -0.2) is 0 Å². The Labute approximate surface area is 157 Å². The van der Waals surface area contributed by atoms with Gasteiger partial charge in [0.25, 0.3) is 0 Å². The van der Waals surface area contributed by atoms with Crippen LogP contribution in [0, 0.1) is 6.92 Å². The van der Waals surface area contributed by atoms with Crippen molar-refractivity contribution in [2.24, 2.45) is 0 Å². The summed E-state index contributed by atoms with van der Waals surface area (Å²) in [5.41, 5.74) is 5.34. The molecule has 0 aliphatic heterocycles. The summed E-state index contributed by atoms with van der Waals surface area (Å²) < 4.78 is 0. The van der Waals surface area contributed by atoms with Gasteiger partial charge in [0, 0.05) is 10.0 Å². The predicted molar refractivity (Wildman–Crippen MR) is 108 cm³/mol. The minimum Gasteiger partial charge on any atom is -0.0843 e. The smallest absolute Gasteiger partial charge is 0.0443 e. The Bertz CT molecular complexity index is 721. The summed E-state index contributed by atoms with van der Waals surface area (Å²) in [7, 11) is 0. The maximum atomic E-state index is 6.39. The zero-order chi connectivity index (χ0) is 18.1. The molecule has 0 N–H and O–H groups in total. The average Bonchev–Trinajstić information content (AvgIpc) is 2.47. The molecule has 0 heterocycles. The molecule has 0 saturated heterocycles. The zero-order valence-corrected chi connectivity index (χ0v) is 17.1. The molecule has 0 radical (unpaired) electrons. The van der Waals surface area contributed by atoms with Crippen molar-refractivity contribution in [3.05, 3.63) is 68.7 Å². The number of aryl methyl sites for hydroxylation is 2. The van der Waals surface area contributed by atoms with Crippen LogP contribution in [0.4, 0.5) is 0 Å². The van der Waals surface area contributed by atoms with E-state index in [1.807, 2.05) is 12.1 Å². The predicted octanol–water partition coefficient (Wildman–Crippen LogP) is 7.51. The zero-order valence-electron chi connectivity index (χ0n) is 15.6. The summed E-state index contributed by atoms with van der Waals surface area (Å²) in [6, 6.07) is 12.6. The highest BCUT2D eigenvalue weighted by Gasteiger charge is 2.23. The van der Waals surface area contributed by atoms with E-state index in [1.54, 1.807) is 0 Å². The molecule has 0 spiro atoms. The van der Waals surface area contributed by atoms with E-state index in [4.69, 9.17) is 23.2 Å². The second-order valence-corrected chi connectivity index (χ2v) is 9.25. The molecule has 0 aliphatic rings. The molecular weight excluding hydrogens is 335 g/mol. The fraction of sp³-hybridized carbons (Fsp3) is 0.455. The van der Waals surface area contributed by atoms with Gasteiger partial charge in [0.1, 0.15) is 0 Å². The lowest BCUT2D eigenvalue weighted by Gasteiger charge is -2.28. The molecule has 24 heavy (non-hydrogen) atoms. The van der Waals surface area contributed by atoms with Crippen molar-refractivity contribution >= 4 is 23.2 Å². The summed E-state index contributed by atoms with van der Waals surface area (Å²) in [5, 5.41) is 1.67. The molecule has 130 valence electrons. The lowest BCUT2D eigenvalue weighted by atomic mass is 9.77. The second kappa shape index (κ2) is 7.10. The molecule has 0 amide bonds. The maximum Gasteiger partial charge on any atom is 0.0443 e. The van der Waals surface area contributed by atoms with Gasteiger partial charge in [-0.15, -0.1) is 0 Å². The SMILES string of the molecule is Cc1ccc(Cl)cc1C(C)(C)CCc1ccc(Cl)c(C(C)(C)C)c1. The van der Waals surface area contributed by atoms with Crippen LogP contribution < -0.4 is 0 Å². The summed E-state index contributed by atoms with van der Waals surface area (Å²) in [6.07, 6.45) is 2.10. The van der Waals surface area contributed by atoms with Crippen molar-refractivity contribution in [3.8, 4) is 0 Å². The number of rotatable bonds is 4. The normalized spacial score (nSPS) is 12.5. The van der Waals surface area contributed by atoms with Gasteiger partial charge in [0.15, 0.2) is 0 Å². The highest BCUT2D eigenvalue weighted by Crippen LogP contribution is 2.34. The van der Waals surface area contributed by atoms with Gasteiger partial charge >= 0.3 is 0 Å². The molecular formula is C22H28Cl2. The highest BCUT2D eigenvalue weighted by atomic mass is 35.5. The number of benzene rings is 2. The third-order valence-corrected chi connectivity index (χ3v) is 5.37. The minimum atomic E-state index is 0.0617. The Morgan fingerprint density at radius 1 is 0.833 bits per heavy atom. The van der Waals surface area contributed by atoms with Gasteiger partial charge in [-0.1, -0.05) is 76.0 Å². The summed E-state index contributed by atoms with van der Waals surface area (Å²) in [4.78, 5) is 0. The third kappa shape index (κ3) is 4.55. The van der Waals surface area contributed by atoms with E-state index < -0.39 is 0 Å². The standard InChI is InChI=1S/C22H28Cl2/c1-15-7-9-17(23)14-18(15)22(5,6)12-11-16-8-10-20(24)19(13-16)21(2,3)4/h7-10,13-14H,11-12H2,1-6H3. The van der Waals surface area contributed by atoms with E-state index in [-0.39, 0.29) is 10.8 Å². The lowest BCUT2D eigenvalue weighted by Crippen LogP contribution is -2.20. The van der Waals surface area contributed by atoms with Crippen molar-refractivity contribution < 1.29 is 0 Å². The first kappa shape index (κ1) is 19.3. The average molecular weight is 363 g/mol. The quantitative estimate of drug-likeness (QED) is 0.527. The lowest BCUT2D eigenvalue weighted by molar-refractivity contribution is 0.477. The van der Waals surface area contributed by atoms with Crippen LogP contribution in [-0.4, -0.2) is 0 Å². The van der Waals surface area contributed by atoms with Crippen LogP contribution in [0.15, 0.2) is 36.4 Å². The van der Waals surface area contributed by atoms with Gasteiger partial charge in [-0.3, -0.25) is 0 Å². The summed E-state index contributed by atoms with van der Waals surface area (Å²) in [6.45, 7) is 13.4. The molecule has 0 unspecified atom stereocenters. The van der Waals surface area contributed by atoms with Crippen LogP contribution in [0.1, 0.15) is 63.3 Å². The topological polar surface area (TPSA) is 0 Å². The Balaban J connectivity index is 2.22. The van der Waals surface area contributed by atoms with Crippen LogP contribution in [0.5, 0.6) is 0 Å². The molecule has 0 fully saturated rings. The van der Waals surface area contributed by atoms with E-state index >= 15 is 0 Å². The van der Waals surface area contributed by atoms with E-state index in [1.165, 1.54) is 22.3 Å². The fourth-order valence-electron chi connectivity index (χ4n) is 3.22.